The van der Waals surface area contributed by atoms with Gasteiger partial charge < -0.3 is 5.11 Å². The monoisotopic (exact) mass is 123 g/mol. The minimum atomic E-state index is 0.246. The van der Waals surface area contributed by atoms with Crippen molar-refractivity contribution in [2.24, 2.45) is 5.92 Å². The van der Waals surface area contributed by atoms with Gasteiger partial charge in [-0.1, -0.05) is 11.8 Å². The highest BCUT2D eigenvalue weighted by Gasteiger charge is 2.34. The van der Waals surface area contributed by atoms with Crippen molar-refractivity contribution in [2.45, 2.75) is 18.5 Å². The zero-order valence-corrected chi connectivity index (χ0v) is 5.09. The van der Waals surface area contributed by atoms with Gasteiger partial charge in [-0.3, -0.25) is 5.32 Å². The number of nitrogens with one attached hydrogen (secondary N) is 1. The summed E-state index contributed by atoms with van der Waals surface area (Å²) in [6.45, 7) is 0.246. The molecule has 9 heavy (non-hydrogen) atoms. The van der Waals surface area contributed by atoms with Crippen LogP contribution in [0.1, 0.15) is 6.42 Å². The van der Waals surface area contributed by atoms with Gasteiger partial charge in [-0.25, -0.2) is 0 Å². The number of aliphatic hydroxyl groups excluding tert-OH is 1. The summed E-state index contributed by atoms with van der Waals surface area (Å²) in [6.07, 6.45) is 1.04. The third kappa shape index (κ3) is 0.658. The Labute approximate surface area is 54.3 Å². The van der Waals surface area contributed by atoms with Crippen molar-refractivity contribution in [3.63, 3.8) is 0 Å². The van der Waals surface area contributed by atoms with E-state index in [4.69, 9.17) is 5.11 Å². The average molecular weight is 123 g/mol. The van der Waals surface area contributed by atoms with Gasteiger partial charge in [-0.05, 0) is 6.42 Å². The molecule has 0 spiro atoms. The molecule has 1 fully saturated rings. The van der Waals surface area contributed by atoms with Crippen LogP contribution in [0.4, 0.5) is 0 Å². The number of rotatable bonds is 1. The van der Waals surface area contributed by atoms with Gasteiger partial charge in [0.1, 0.15) is 0 Å². The second-order valence-corrected chi connectivity index (χ2v) is 2.65. The molecule has 1 heterocycles. The minimum Gasteiger partial charge on any atom is -0.395 e. The van der Waals surface area contributed by atoms with Gasteiger partial charge in [-0.15, -0.1) is 0 Å². The van der Waals surface area contributed by atoms with Crippen LogP contribution in [0, 0.1) is 17.8 Å². The lowest BCUT2D eigenvalue weighted by atomic mass is 9.93. The van der Waals surface area contributed by atoms with Crippen LogP contribution < -0.4 is 5.32 Å². The summed E-state index contributed by atoms with van der Waals surface area (Å²) >= 11 is 0. The van der Waals surface area contributed by atoms with Crippen LogP contribution in [-0.4, -0.2) is 23.8 Å². The van der Waals surface area contributed by atoms with E-state index >= 15 is 0 Å². The molecule has 0 unspecified atom stereocenters. The highest BCUT2D eigenvalue weighted by Crippen LogP contribution is 2.23. The first-order chi connectivity index (χ1) is 4.40. The molecular weight excluding hydrogens is 114 g/mol. The Kier molecular flexibility index (Phi) is 1.01. The largest absolute Gasteiger partial charge is 0.395 e. The molecule has 0 bridgehead atoms. The Hall–Kier alpha value is -0.520. The van der Waals surface area contributed by atoms with Crippen molar-refractivity contribution in [3.05, 3.63) is 0 Å². The summed E-state index contributed by atoms with van der Waals surface area (Å²) in [7, 11) is 0. The van der Waals surface area contributed by atoms with Crippen molar-refractivity contribution in [2.75, 3.05) is 6.61 Å². The third-order valence-corrected chi connectivity index (χ3v) is 2.00. The second-order valence-electron chi connectivity index (χ2n) is 2.65. The fourth-order valence-electron chi connectivity index (χ4n) is 1.39. The molecule has 2 N–H and O–H groups in total. The SMILES string of the molecule is OC[C@@H]1C[C@H]2C#C[C@H]2N1. The van der Waals surface area contributed by atoms with Crippen molar-refractivity contribution < 1.29 is 5.11 Å². The second kappa shape index (κ2) is 1.73. The van der Waals surface area contributed by atoms with Gasteiger partial charge in [-0.2, -0.15) is 0 Å². The average Bonchev–Trinajstić information content (AvgIpc) is 2.10. The van der Waals surface area contributed by atoms with E-state index in [1.54, 1.807) is 0 Å². The standard InChI is InChI=1S/C7H9NO/c9-4-6-3-5-1-2-7(5)8-6/h5-9H,3-4H2/t5-,6+,7-/m1/s1. The molecule has 0 aromatic heterocycles. The van der Waals surface area contributed by atoms with Gasteiger partial charge in [0, 0.05) is 12.0 Å². The van der Waals surface area contributed by atoms with E-state index < -0.39 is 0 Å². The Morgan fingerprint density at radius 2 is 2.44 bits per heavy atom. The van der Waals surface area contributed by atoms with Gasteiger partial charge >= 0.3 is 0 Å². The van der Waals surface area contributed by atoms with Crippen molar-refractivity contribution in [1.82, 2.24) is 5.32 Å². The predicted octanol–water partition coefficient (Wildman–Crippen LogP) is -0.658. The van der Waals surface area contributed by atoms with Crippen LogP contribution in [0.3, 0.4) is 0 Å². The molecule has 2 rings (SSSR count). The van der Waals surface area contributed by atoms with Gasteiger partial charge in [0.2, 0.25) is 0 Å². The Morgan fingerprint density at radius 3 is 2.78 bits per heavy atom. The zero-order chi connectivity index (χ0) is 6.27. The van der Waals surface area contributed by atoms with Crippen LogP contribution in [0.2, 0.25) is 0 Å². The summed E-state index contributed by atoms with van der Waals surface area (Å²) in [4.78, 5) is 0. The highest BCUT2D eigenvalue weighted by atomic mass is 16.3. The molecular formula is C7H9NO. The van der Waals surface area contributed by atoms with Gasteiger partial charge in [0.05, 0.1) is 12.6 Å². The van der Waals surface area contributed by atoms with E-state index in [1.165, 1.54) is 0 Å². The molecule has 0 amide bonds. The molecule has 2 nitrogen and oxygen atoms in total. The van der Waals surface area contributed by atoms with Crippen molar-refractivity contribution >= 4 is 0 Å². The van der Waals surface area contributed by atoms with Crippen molar-refractivity contribution in [1.29, 1.82) is 0 Å². The summed E-state index contributed by atoms with van der Waals surface area (Å²) in [5.74, 6) is 6.59. The number of fused-ring (bicyclic) bond motifs is 1. The van der Waals surface area contributed by atoms with Crippen LogP contribution >= 0.6 is 0 Å². The number of hydrogen-bond acceptors (Lipinski definition) is 2. The lowest BCUT2D eigenvalue weighted by Gasteiger charge is -2.13. The van der Waals surface area contributed by atoms with Gasteiger partial charge in [0.15, 0.2) is 0 Å². The third-order valence-electron chi connectivity index (χ3n) is 2.00. The minimum absolute atomic E-state index is 0.246. The summed E-state index contributed by atoms with van der Waals surface area (Å²) in [6, 6.07) is 0.699. The lowest BCUT2D eigenvalue weighted by molar-refractivity contribution is 0.253. The summed E-state index contributed by atoms with van der Waals surface area (Å²) < 4.78 is 0. The molecule has 0 aromatic rings. The molecule has 1 saturated heterocycles. The molecule has 0 radical (unpaired) electrons. The molecule has 3 atom stereocenters. The number of hydrogen-bond donors (Lipinski definition) is 2. The topological polar surface area (TPSA) is 32.3 Å². The first-order valence-electron chi connectivity index (χ1n) is 3.28. The normalized spacial score (nSPS) is 44.8. The number of aliphatic hydroxyl groups is 1. The van der Waals surface area contributed by atoms with E-state index in [-0.39, 0.29) is 6.61 Å². The quantitative estimate of drug-likeness (QED) is 0.454. The Balaban J connectivity index is 1.99. The summed E-state index contributed by atoms with van der Waals surface area (Å²) in [5.41, 5.74) is 0. The fraction of sp³-hybridized carbons (Fsp3) is 0.714. The maximum Gasteiger partial charge on any atom is 0.0832 e. The zero-order valence-electron chi connectivity index (χ0n) is 5.09. The van der Waals surface area contributed by atoms with E-state index in [0.29, 0.717) is 18.0 Å². The van der Waals surface area contributed by atoms with Crippen LogP contribution in [0.5, 0.6) is 0 Å². The molecule has 0 aromatic carbocycles. The van der Waals surface area contributed by atoms with E-state index in [9.17, 15) is 0 Å². The molecule has 2 aliphatic rings. The van der Waals surface area contributed by atoms with Gasteiger partial charge in [0.25, 0.3) is 0 Å². The lowest BCUT2D eigenvalue weighted by Crippen LogP contribution is -2.34. The predicted molar refractivity (Wildman–Crippen MR) is 33.7 cm³/mol. The van der Waals surface area contributed by atoms with E-state index in [2.05, 4.69) is 17.2 Å². The molecule has 1 aliphatic heterocycles. The molecule has 2 heteroatoms. The van der Waals surface area contributed by atoms with Crippen LogP contribution in [0.15, 0.2) is 0 Å². The first-order valence-corrected chi connectivity index (χ1v) is 3.28. The summed E-state index contributed by atoms with van der Waals surface area (Å²) in [5, 5.41) is 11.9. The van der Waals surface area contributed by atoms with E-state index in [1.807, 2.05) is 0 Å². The fourth-order valence-corrected chi connectivity index (χ4v) is 1.39. The smallest absolute Gasteiger partial charge is 0.0832 e. The molecule has 0 saturated carbocycles. The first kappa shape index (κ1) is 5.28. The maximum atomic E-state index is 8.71. The maximum absolute atomic E-state index is 8.71. The Bertz CT molecular complexity index is 163. The molecule has 1 aliphatic carbocycles. The Morgan fingerprint density at radius 1 is 1.56 bits per heavy atom. The van der Waals surface area contributed by atoms with Crippen LogP contribution in [0.25, 0.3) is 0 Å². The highest BCUT2D eigenvalue weighted by molar-refractivity contribution is 5.30. The van der Waals surface area contributed by atoms with Crippen molar-refractivity contribution in [3.8, 4) is 11.8 Å². The molecule has 48 valence electrons. The van der Waals surface area contributed by atoms with E-state index in [0.717, 1.165) is 6.42 Å². The van der Waals surface area contributed by atoms with Crippen LogP contribution in [-0.2, 0) is 0 Å².